The minimum Gasteiger partial charge on any atom is -0.378 e. The molecule has 1 aromatic rings. The molecule has 0 saturated heterocycles. The number of hydrogen-bond acceptors (Lipinski definition) is 3. The second kappa shape index (κ2) is 7.51. The van der Waals surface area contributed by atoms with Crippen molar-refractivity contribution in [2.24, 2.45) is 11.1 Å². The number of amides is 1. The highest BCUT2D eigenvalue weighted by molar-refractivity contribution is 9.10. The van der Waals surface area contributed by atoms with E-state index < -0.39 is 5.54 Å². The molecule has 0 heterocycles. The van der Waals surface area contributed by atoms with Crippen LogP contribution in [0.5, 0.6) is 0 Å². The number of halogens is 2. The SMILES string of the molecule is CCOC1CC(N)(C(=O)NC(C)c2ccccc2Br)C1(C)C.Cl. The summed E-state index contributed by atoms with van der Waals surface area (Å²) in [4.78, 5) is 12.7. The maximum absolute atomic E-state index is 12.7. The summed E-state index contributed by atoms with van der Waals surface area (Å²) in [5, 5.41) is 3.05. The molecule has 0 bridgehead atoms. The van der Waals surface area contributed by atoms with Crippen molar-refractivity contribution in [2.45, 2.75) is 51.8 Å². The predicted molar refractivity (Wildman–Crippen MR) is 98.7 cm³/mol. The van der Waals surface area contributed by atoms with Crippen molar-refractivity contribution in [3.63, 3.8) is 0 Å². The molecule has 1 amide bonds. The quantitative estimate of drug-likeness (QED) is 0.787. The topological polar surface area (TPSA) is 64.3 Å². The molecule has 23 heavy (non-hydrogen) atoms. The van der Waals surface area contributed by atoms with Crippen molar-refractivity contribution in [1.82, 2.24) is 5.32 Å². The molecule has 130 valence electrons. The van der Waals surface area contributed by atoms with Crippen LogP contribution in [0.3, 0.4) is 0 Å². The summed E-state index contributed by atoms with van der Waals surface area (Å²) in [5.74, 6) is -0.114. The number of carbonyl (C=O) groups is 1. The predicted octanol–water partition coefficient (Wildman–Crippen LogP) is 3.58. The van der Waals surface area contributed by atoms with Gasteiger partial charge < -0.3 is 15.8 Å². The fourth-order valence-electron chi connectivity index (χ4n) is 3.05. The van der Waals surface area contributed by atoms with E-state index in [1.807, 2.05) is 52.0 Å². The van der Waals surface area contributed by atoms with Crippen LogP contribution in [-0.2, 0) is 9.53 Å². The van der Waals surface area contributed by atoms with Crippen molar-refractivity contribution < 1.29 is 9.53 Å². The van der Waals surface area contributed by atoms with E-state index >= 15 is 0 Å². The van der Waals surface area contributed by atoms with Crippen LogP contribution in [0.4, 0.5) is 0 Å². The Balaban J connectivity index is 0.00000264. The second-order valence-electron chi connectivity index (χ2n) is 6.56. The Kier molecular flexibility index (Phi) is 6.67. The third-order valence-electron chi connectivity index (χ3n) is 4.95. The maximum atomic E-state index is 12.7. The van der Waals surface area contributed by atoms with E-state index in [0.717, 1.165) is 10.0 Å². The first-order chi connectivity index (χ1) is 10.2. The summed E-state index contributed by atoms with van der Waals surface area (Å²) in [6, 6.07) is 7.76. The van der Waals surface area contributed by atoms with Crippen LogP contribution >= 0.6 is 28.3 Å². The molecule has 4 nitrogen and oxygen atoms in total. The summed E-state index contributed by atoms with van der Waals surface area (Å²) in [7, 11) is 0. The van der Waals surface area contributed by atoms with Gasteiger partial charge >= 0.3 is 0 Å². The Morgan fingerprint density at radius 2 is 2.09 bits per heavy atom. The molecule has 2 rings (SSSR count). The molecule has 0 aromatic heterocycles. The van der Waals surface area contributed by atoms with E-state index in [4.69, 9.17) is 10.5 Å². The third-order valence-corrected chi connectivity index (χ3v) is 5.68. The molecule has 1 aliphatic rings. The molecule has 1 aromatic carbocycles. The highest BCUT2D eigenvalue weighted by atomic mass is 79.9. The van der Waals surface area contributed by atoms with E-state index in [0.29, 0.717) is 13.0 Å². The van der Waals surface area contributed by atoms with Crippen molar-refractivity contribution in [2.75, 3.05) is 6.61 Å². The van der Waals surface area contributed by atoms with Gasteiger partial charge in [-0.25, -0.2) is 0 Å². The molecule has 3 atom stereocenters. The summed E-state index contributed by atoms with van der Waals surface area (Å²) in [5.41, 5.74) is 6.18. The summed E-state index contributed by atoms with van der Waals surface area (Å²) < 4.78 is 6.66. The van der Waals surface area contributed by atoms with Crippen molar-refractivity contribution in [3.8, 4) is 0 Å². The number of carbonyl (C=O) groups excluding carboxylic acids is 1. The van der Waals surface area contributed by atoms with Gasteiger partial charge in [0.2, 0.25) is 5.91 Å². The van der Waals surface area contributed by atoms with Crippen LogP contribution in [-0.4, -0.2) is 24.2 Å². The molecule has 1 saturated carbocycles. The number of hydrogen-bond donors (Lipinski definition) is 2. The highest BCUT2D eigenvalue weighted by Crippen LogP contribution is 2.50. The molecular weight excluding hydrogens is 380 g/mol. The van der Waals surface area contributed by atoms with Gasteiger partial charge in [-0.15, -0.1) is 12.4 Å². The minimum absolute atomic E-state index is 0. The van der Waals surface area contributed by atoms with Gasteiger partial charge in [0, 0.05) is 22.9 Å². The smallest absolute Gasteiger partial charge is 0.241 e. The van der Waals surface area contributed by atoms with E-state index in [1.165, 1.54) is 0 Å². The summed E-state index contributed by atoms with van der Waals surface area (Å²) in [6.07, 6.45) is 0.592. The van der Waals surface area contributed by atoms with Crippen molar-refractivity contribution in [3.05, 3.63) is 34.3 Å². The Labute approximate surface area is 153 Å². The lowest BCUT2D eigenvalue weighted by atomic mass is 9.54. The normalized spacial score (nSPS) is 26.6. The van der Waals surface area contributed by atoms with E-state index in [-0.39, 0.29) is 35.9 Å². The van der Waals surface area contributed by atoms with Gasteiger partial charge in [-0.3, -0.25) is 4.79 Å². The Morgan fingerprint density at radius 3 is 2.61 bits per heavy atom. The molecule has 0 spiro atoms. The molecule has 3 N–H and O–H groups in total. The average Bonchev–Trinajstić information content (AvgIpc) is 2.47. The van der Waals surface area contributed by atoms with Crippen LogP contribution in [0.2, 0.25) is 0 Å². The van der Waals surface area contributed by atoms with Gasteiger partial charge in [0.25, 0.3) is 0 Å². The zero-order chi connectivity index (χ0) is 16.5. The Hall–Kier alpha value is -0.620. The summed E-state index contributed by atoms with van der Waals surface area (Å²) >= 11 is 3.52. The highest BCUT2D eigenvalue weighted by Gasteiger charge is 2.62. The van der Waals surface area contributed by atoms with Gasteiger partial charge in [0.15, 0.2) is 0 Å². The molecule has 3 unspecified atom stereocenters. The molecule has 1 fully saturated rings. The van der Waals surface area contributed by atoms with Crippen molar-refractivity contribution >= 4 is 34.2 Å². The number of nitrogens with two attached hydrogens (primary N) is 1. The van der Waals surface area contributed by atoms with Crippen molar-refractivity contribution in [1.29, 1.82) is 0 Å². The van der Waals surface area contributed by atoms with Gasteiger partial charge in [-0.1, -0.05) is 48.0 Å². The third kappa shape index (κ3) is 3.58. The summed E-state index contributed by atoms with van der Waals surface area (Å²) in [6.45, 7) is 8.56. The molecule has 1 aliphatic carbocycles. The second-order valence-corrected chi connectivity index (χ2v) is 7.41. The molecule has 0 aliphatic heterocycles. The number of nitrogens with one attached hydrogen (secondary N) is 1. The average molecular weight is 406 g/mol. The zero-order valence-electron chi connectivity index (χ0n) is 14.1. The van der Waals surface area contributed by atoms with Gasteiger partial charge in [0.05, 0.1) is 12.1 Å². The monoisotopic (exact) mass is 404 g/mol. The lowest BCUT2D eigenvalue weighted by Gasteiger charge is -2.57. The zero-order valence-corrected chi connectivity index (χ0v) is 16.5. The Morgan fingerprint density at radius 1 is 1.48 bits per heavy atom. The van der Waals surface area contributed by atoms with Crippen LogP contribution in [0.25, 0.3) is 0 Å². The fourth-order valence-corrected chi connectivity index (χ4v) is 3.68. The lowest BCUT2D eigenvalue weighted by molar-refractivity contribution is -0.171. The Bertz CT molecular complexity index is 567. The van der Waals surface area contributed by atoms with Gasteiger partial charge in [0.1, 0.15) is 5.54 Å². The number of ether oxygens (including phenoxy) is 1. The van der Waals surface area contributed by atoms with E-state index in [2.05, 4.69) is 21.2 Å². The minimum atomic E-state index is -0.887. The van der Waals surface area contributed by atoms with Crippen LogP contribution in [0, 0.1) is 5.41 Å². The first-order valence-electron chi connectivity index (χ1n) is 7.70. The van der Waals surface area contributed by atoms with Crippen LogP contribution in [0.1, 0.15) is 45.7 Å². The maximum Gasteiger partial charge on any atom is 0.241 e. The standard InChI is InChI=1S/C17H25BrN2O2.ClH/c1-5-22-14-10-17(19,16(14,3)4)15(21)20-11(2)12-8-6-7-9-13(12)18;/h6-9,11,14H,5,10,19H2,1-4H3,(H,20,21);1H. The molecule has 0 radical (unpaired) electrons. The van der Waals surface area contributed by atoms with Crippen LogP contribution < -0.4 is 11.1 Å². The lowest BCUT2D eigenvalue weighted by Crippen LogP contribution is -2.75. The van der Waals surface area contributed by atoms with Gasteiger partial charge in [-0.05, 0) is 25.5 Å². The number of rotatable bonds is 5. The largest absolute Gasteiger partial charge is 0.378 e. The molecular formula is C17H26BrClN2O2. The van der Waals surface area contributed by atoms with Gasteiger partial charge in [-0.2, -0.15) is 0 Å². The first-order valence-corrected chi connectivity index (χ1v) is 8.49. The molecule has 6 heteroatoms. The van der Waals surface area contributed by atoms with Crippen LogP contribution in [0.15, 0.2) is 28.7 Å². The fraction of sp³-hybridized carbons (Fsp3) is 0.588. The van der Waals surface area contributed by atoms with E-state index in [9.17, 15) is 4.79 Å². The van der Waals surface area contributed by atoms with E-state index in [1.54, 1.807) is 0 Å². The first kappa shape index (κ1) is 20.4. The number of benzene rings is 1.